The summed E-state index contributed by atoms with van der Waals surface area (Å²) in [6, 6.07) is 5.97. The standard InChI is InChI=1S/C13H19BrN2O/c1-16(12(7-15)9-2-3-9)8-10-6-11(14)4-5-13(10)17/h4-6,9,12,17H,2-3,7-8,15H2,1H3. The molecule has 0 spiro atoms. The maximum absolute atomic E-state index is 9.81. The summed E-state index contributed by atoms with van der Waals surface area (Å²) in [7, 11) is 2.08. The summed E-state index contributed by atoms with van der Waals surface area (Å²) in [5.74, 6) is 1.10. The molecule has 1 aromatic rings. The van der Waals surface area contributed by atoms with Crippen LogP contribution in [0.2, 0.25) is 0 Å². The van der Waals surface area contributed by atoms with Crippen molar-refractivity contribution in [2.45, 2.75) is 25.4 Å². The van der Waals surface area contributed by atoms with Crippen molar-refractivity contribution in [3.63, 3.8) is 0 Å². The number of likely N-dealkylation sites (N-methyl/N-ethyl adjacent to an activating group) is 1. The van der Waals surface area contributed by atoms with Crippen LogP contribution in [-0.4, -0.2) is 29.6 Å². The second kappa shape index (κ2) is 5.38. The first-order valence-corrected chi connectivity index (χ1v) is 6.79. The molecule has 0 saturated heterocycles. The number of benzene rings is 1. The van der Waals surface area contributed by atoms with E-state index < -0.39 is 0 Å². The molecule has 0 aromatic heterocycles. The number of aromatic hydroxyl groups is 1. The molecule has 1 atom stereocenters. The maximum Gasteiger partial charge on any atom is 0.120 e. The fourth-order valence-corrected chi connectivity index (χ4v) is 2.69. The first-order chi connectivity index (χ1) is 8.11. The predicted molar refractivity (Wildman–Crippen MR) is 72.8 cm³/mol. The molecule has 0 heterocycles. The minimum absolute atomic E-state index is 0.353. The van der Waals surface area contributed by atoms with Gasteiger partial charge < -0.3 is 10.8 Å². The number of nitrogens with zero attached hydrogens (tertiary/aromatic N) is 1. The van der Waals surface area contributed by atoms with Gasteiger partial charge in [-0.05, 0) is 44.0 Å². The van der Waals surface area contributed by atoms with Gasteiger partial charge in [-0.25, -0.2) is 0 Å². The number of phenolic OH excluding ortho intramolecular Hbond substituents is 1. The van der Waals surface area contributed by atoms with Gasteiger partial charge in [0, 0.05) is 29.2 Å². The average molecular weight is 299 g/mol. The summed E-state index contributed by atoms with van der Waals surface area (Å²) < 4.78 is 0.995. The van der Waals surface area contributed by atoms with Gasteiger partial charge in [0.1, 0.15) is 5.75 Å². The van der Waals surface area contributed by atoms with Crippen LogP contribution in [0.3, 0.4) is 0 Å². The molecule has 17 heavy (non-hydrogen) atoms. The SMILES string of the molecule is CN(Cc1cc(Br)ccc1O)C(CN)C1CC1. The Balaban J connectivity index is 2.05. The highest BCUT2D eigenvalue weighted by Crippen LogP contribution is 2.35. The largest absolute Gasteiger partial charge is 0.508 e. The predicted octanol–water partition coefficient (Wildman–Crippen LogP) is 2.32. The van der Waals surface area contributed by atoms with Crippen molar-refractivity contribution in [3.05, 3.63) is 28.2 Å². The molecular formula is C13H19BrN2O. The van der Waals surface area contributed by atoms with E-state index in [2.05, 4.69) is 27.9 Å². The van der Waals surface area contributed by atoms with E-state index in [9.17, 15) is 5.11 Å². The number of hydrogen-bond acceptors (Lipinski definition) is 3. The second-order valence-corrected chi connectivity index (χ2v) is 5.74. The van der Waals surface area contributed by atoms with E-state index in [4.69, 9.17) is 5.73 Å². The normalized spacial score (nSPS) is 17.4. The molecule has 0 amide bonds. The van der Waals surface area contributed by atoms with E-state index in [0.717, 1.165) is 22.5 Å². The van der Waals surface area contributed by atoms with Crippen LogP contribution < -0.4 is 5.73 Å². The summed E-state index contributed by atoms with van der Waals surface area (Å²) >= 11 is 3.43. The zero-order valence-electron chi connectivity index (χ0n) is 10.1. The Morgan fingerprint density at radius 3 is 2.82 bits per heavy atom. The summed E-state index contributed by atoms with van der Waals surface area (Å²) in [4.78, 5) is 2.25. The molecule has 4 heteroatoms. The Labute approximate surface area is 111 Å². The van der Waals surface area contributed by atoms with Crippen molar-refractivity contribution in [3.8, 4) is 5.75 Å². The molecule has 1 aromatic carbocycles. The Morgan fingerprint density at radius 1 is 1.53 bits per heavy atom. The summed E-state index contributed by atoms with van der Waals surface area (Å²) in [5, 5.41) is 9.81. The van der Waals surface area contributed by atoms with E-state index in [-0.39, 0.29) is 0 Å². The van der Waals surface area contributed by atoms with E-state index in [0.29, 0.717) is 18.3 Å². The highest BCUT2D eigenvalue weighted by atomic mass is 79.9. The topological polar surface area (TPSA) is 49.5 Å². The first kappa shape index (κ1) is 12.9. The van der Waals surface area contributed by atoms with E-state index >= 15 is 0 Å². The number of nitrogens with two attached hydrogens (primary N) is 1. The van der Waals surface area contributed by atoms with Crippen molar-refractivity contribution < 1.29 is 5.11 Å². The molecule has 1 fully saturated rings. The van der Waals surface area contributed by atoms with Gasteiger partial charge in [-0.1, -0.05) is 15.9 Å². The number of hydrogen-bond donors (Lipinski definition) is 2. The zero-order chi connectivity index (χ0) is 12.4. The third-order valence-corrected chi connectivity index (χ3v) is 3.93. The smallest absolute Gasteiger partial charge is 0.120 e. The van der Waals surface area contributed by atoms with Crippen LogP contribution in [0.15, 0.2) is 22.7 Å². The monoisotopic (exact) mass is 298 g/mol. The van der Waals surface area contributed by atoms with E-state index in [1.807, 2.05) is 12.1 Å². The third kappa shape index (κ3) is 3.21. The third-order valence-electron chi connectivity index (χ3n) is 3.44. The molecule has 3 nitrogen and oxygen atoms in total. The lowest BCUT2D eigenvalue weighted by atomic mass is 10.1. The number of rotatable bonds is 5. The first-order valence-electron chi connectivity index (χ1n) is 5.99. The summed E-state index contributed by atoms with van der Waals surface area (Å²) in [6.45, 7) is 1.43. The van der Waals surface area contributed by atoms with Crippen LogP contribution in [0, 0.1) is 5.92 Å². The highest BCUT2D eigenvalue weighted by molar-refractivity contribution is 9.10. The molecule has 2 rings (SSSR count). The van der Waals surface area contributed by atoms with Crippen LogP contribution in [0.4, 0.5) is 0 Å². The molecule has 0 radical (unpaired) electrons. The number of phenols is 1. The molecule has 3 N–H and O–H groups in total. The molecule has 1 unspecified atom stereocenters. The Kier molecular flexibility index (Phi) is 4.07. The maximum atomic E-state index is 9.81. The lowest BCUT2D eigenvalue weighted by Crippen LogP contribution is -2.39. The van der Waals surface area contributed by atoms with Gasteiger partial charge in [0.05, 0.1) is 0 Å². The average Bonchev–Trinajstić information content (AvgIpc) is 3.09. The minimum atomic E-state index is 0.353. The summed E-state index contributed by atoms with van der Waals surface area (Å²) in [5.41, 5.74) is 6.77. The molecule has 0 aliphatic heterocycles. The van der Waals surface area contributed by atoms with Gasteiger partial charge in [-0.15, -0.1) is 0 Å². The van der Waals surface area contributed by atoms with Crippen LogP contribution >= 0.6 is 15.9 Å². The second-order valence-electron chi connectivity index (χ2n) is 4.83. The van der Waals surface area contributed by atoms with Gasteiger partial charge in [-0.3, -0.25) is 4.90 Å². The van der Waals surface area contributed by atoms with Crippen molar-refractivity contribution in [1.82, 2.24) is 4.90 Å². The van der Waals surface area contributed by atoms with Crippen LogP contribution in [0.25, 0.3) is 0 Å². The Bertz CT molecular complexity index is 393. The zero-order valence-corrected chi connectivity index (χ0v) is 11.7. The minimum Gasteiger partial charge on any atom is -0.508 e. The van der Waals surface area contributed by atoms with Gasteiger partial charge >= 0.3 is 0 Å². The van der Waals surface area contributed by atoms with E-state index in [1.54, 1.807) is 6.07 Å². The van der Waals surface area contributed by atoms with Crippen molar-refractivity contribution in [2.75, 3.05) is 13.6 Å². The van der Waals surface area contributed by atoms with Crippen molar-refractivity contribution >= 4 is 15.9 Å². The number of halogens is 1. The van der Waals surface area contributed by atoms with Crippen molar-refractivity contribution in [1.29, 1.82) is 0 Å². The van der Waals surface area contributed by atoms with E-state index in [1.165, 1.54) is 12.8 Å². The van der Waals surface area contributed by atoms with Crippen LogP contribution in [0.1, 0.15) is 18.4 Å². The summed E-state index contributed by atoms with van der Waals surface area (Å²) in [6.07, 6.45) is 2.58. The molecule has 1 aliphatic rings. The van der Waals surface area contributed by atoms with Crippen LogP contribution in [-0.2, 0) is 6.54 Å². The lowest BCUT2D eigenvalue weighted by Gasteiger charge is -2.27. The molecule has 1 aliphatic carbocycles. The Morgan fingerprint density at radius 2 is 2.24 bits per heavy atom. The highest BCUT2D eigenvalue weighted by Gasteiger charge is 2.32. The fraction of sp³-hybridized carbons (Fsp3) is 0.538. The van der Waals surface area contributed by atoms with Gasteiger partial charge in [0.25, 0.3) is 0 Å². The van der Waals surface area contributed by atoms with Gasteiger partial charge in [0.15, 0.2) is 0 Å². The van der Waals surface area contributed by atoms with Crippen LogP contribution in [0.5, 0.6) is 5.75 Å². The van der Waals surface area contributed by atoms with Gasteiger partial charge in [0.2, 0.25) is 0 Å². The molecular weight excluding hydrogens is 280 g/mol. The fourth-order valence-electron chi connectivity index (χ4n) is 2.28. The molecule has 0 bridgehead atoms. The molecule has 1 saturated carbocycles. The lowest BCUT2D eigenvalue weighted by molar-refractivity contribution is 0.213. The van der Waals surface area contributed by atoms with Gasteiger partial charge in [-0.2, -0.15) is 0 Å². The quantitative estimate of drug-likeness (QED) is 0.877. The van der Waals surface area contributed by atoms with Crippen molar-refractivity contribution in [2.24, 2.45) is 11.7 Å². The Hall–Kier alpha value is -0.580. The molecule has 94 valence electrons.